The molecule has 4 rings (SSSR count). The van der Waals surface area contributed by atoms with Crippen molar-refractivity contribution >= 4 is 0 Å². The lowest BCUT2D eigenvalue weighted by atomic mass is 9.75. The van der Waals surface area contributed by atoms with E-state index in [1.807, 2.05) is 0 Å². The third kappa shape index (κ3) is 4.92. The summed E-state index contributed by atoms with van der Waals surface area (Å²) in [6.45, 7) is 9.11. The van der Waals surface area contributed by atoms with Crippen molar-refractivity contribution in [1.82, 2.24) is 10.2 Å². The van der Waals surface area contributed by atoms with Gasteiger partial charge in [0.25, 0.3) is 0 Å². The number of nitrogens with zero attached hydrogens (tertiary/aromatic N) is 1. The molecule has 2 aromatic carbocycles. The van der Waals surface area contributed by atoms with Gasteiger partial charge in [0.2, 0.25) is 0 Å². The molecule has 0 bridgehead atoms. The predicted molar refractivity (Wildman–Crippen MR) is 123 cm³/mol. The molecule has 2 aromatic rings. The van der Waals surface area contributed by atoms with E-state index in [2.05, 4.69) is 79.6 Å². The zero-order valence-corrected chi connectivity index (χ0v) is 18.6. The molecule has 0 radical (unpaired) electrons. The van der Waals surface area contributed by atoms with Gasteiger partial charge in [-0.3, -0.25) is 0 Å². The predicted octanol–water partition coefficient (Wildman–Crippen LogP) is 5.55. The van der Waals surface area contributed by atoms with E-state index in [0.29, 0.717) is 5.92 Å². The van der Waals surface area contributed by atoms with E-state index in [9.17, 15) is 0 Å². The van der Waals surface area contributed by atoms with Gasteiger partial charge in [-0.15, -0.1) is 0 Å². The Morgan fingerprint density at radius 1 is 1.07 bits per heavy atom. The molecule has 156 valence electrons. The largest absolute Gasteiger partial charge is 0.312 e. The van der Waals surface area contributed by atoms with Crippen LogP contribution < -0.4 is 5.32 Å². The van der Waals surface area contributed by atoms with Crippen LogP contribution in [0.4, 0.5) is 0 Å². The monoisotopic (exact) mass is 390 g/mol. The molecule has 0 aromatic heterocycles. The summed E-state index contributed by atoms with van der Waals surface area (Å²) < 4.78 is 0. The average molecular weight is 391 g/mol. The van der Waals surface area contributed by atoms with Crippen molar-refractivity contribution in [3.63, 3.8) is 0 Å². The third-order valence-corrected chi connectivity index (χ3v) is 7.43. The van der Waals surface area contributed by atoms with Gasteiger partial charge in [-0.25, -0.2) is 0 Å². The fourth-order valence-electron chi connectivity index (χ4n) is 5.75. The Morgan fingerprint density at radius 3 is 2.59 bits per heavy atom. The molecule has 2 atom stereocenters. The first-order valence-electron chi connectivity index (χ1n) is 11.6. The van der Waals surface area contributed by atoms with Crippen LogP contribution in [0.5, 0.6) is 0 Å². The van der Waals surface area contributed by atoms with Gasteiger partial charge < -0.3 is 10.2 Å². The zero-order valence-electron chi connectivity index (χ0n) is 18.6. The maximum Gasteiger partial charge on any atom is 0.0205 e. The van der Waals surface area contributed by atoms with E-state index < -0.39 is 0 Å². The lowest BCUT2D eigenvalue weighted by Gasteiger charge is -2.32. The minimum absolute atomic E-state index is 0.267. The SMILES string of the molecule is Cc1ccc(C2CN(C)CC2(C)CNCc2ccccc2)cc1CC1CCCC1. The van der Waals surface area contributed by atoms with Crippen LogP contribution in [0.25, 0.3) is 0 Å². The summed E-state index contributed by atoms with van der Waals surface area (Å²) in [4.78, 5) is 2.52. The van der Waals surface area contributed by atoms with Crippen LogP contribution in [0.2, 0.25) is 0 Å². The van der Waals surface area contributed by atoms with Gasteiger partial charge in [0.05, 0.1) is 0 Å². The molecule has 0 amide bonds. The highest BCUT2D eigenvalue weighted by Gasteiger charge is 2.42. The molecule has 0 spiro atoms. The van der Waals surface area contributed by atoms with Crippen molar-refractivity contribution in [2.24, 2.45) is 11.3 Å². The fraction of sp³-hybridized carbons (Fsp3) is 0.556. The number of aryl methyl sites for hydroxylation is 1. The van der Waals surface area contributed by atoms with E-state index in [0.717, 1.165) is 32.1 Å². The molecule has 2 fully saturated rings. The van der Waals surface area contributed by atoms with Gasteiger partial charge in [0.1, 0.15) is 0 Å². The number of rotatable bonds is 7. The number of hydrogen-bond donors (Lipinski definition) is 1. The second-order valence-corrected chi connectivity index (χ2v) is 10.0. The number of nitrogens with one attached hydrogen (secondary N) is 1. The first kappa shape index (κ1) is 20.6. The smallest absolute Gasteiger partial charge is 0.0205 e. The zero-order chi connectivity index (χ0) is 20.3. The Hall–Kier alpha value is -1.64. The molecule has 1 saturated heterocycles. The Balaban J connectivity index is 1.47. The van der Waals surface area contributed by atoms with Gasteiger partial charge >= 0.3 is 0 Å². The van der Waals surface area contributed by atoms with E-state index in [1.165, 1.54) is 43.2 Å². The summed E-state index contributed by atoms with van der Waals surface area (Å²) in [5.74, 6) is 1.51. The number of likely N-dealkylation sites (N-methyl/N-ethyl adjacent to an activating group) is 1. The van der Waals surface area contributed by atoms with Crippen LogP contribution in [-0.2, 0) is 13.0 Å². The van der Waals surface area contributed by atoms with E-state index in [4.69, 9.17) is 0 Å². The molecule has 1 heterocycles. The second kappa shape index (κ2) is 9.02. The highest BCUT2D eigenvalue weighted by Crippen LogP contribution is 2.42. The molecule has 1 aliphatic heterocycles. The van der Waals surface area contributed by atoms with Gasteiger partial charge in [0, 0.05) is 37.5 Å². The highest BCUT2D eigenvalue weighted by atomic mass is 15.1. The molecule has 29 heavy (non-hydrogen) atoms. The lowest BCUT2D eigenvalue weighted by Crippen LogP contribution is -2.37. The van der Waals surface area contributed by atoms with Gasteiger partial charge in [-0.1, -0.05) is 81.1 Å². The van der Waals surface area contributed by atoms with Gasteiger partial charge in [0.15, 0.2) is 0 Å². The molecule has 2 aliphatic rings. The molecule has 1 N–H and O–H groups in total. The number of likely N-dealkylation sites (tertiary alicyclic amines) is 1. The van der Waals surface area contributed by atoms with E-state index in [-0.39, 0.29) is 5.41 Å². The van der Waals surface area contributed by atoms with Crippen molar-refractivity contribution in [2.45, 2.75) is 58.4 Å². The summed E-state index contributed by atoms with van der Waals surface area (Å²) in [5.41, 5.74) is 6.27. The molecule has 2 heteroatoms. The molecule has 1 aliphatic carbocycles. The first-order chi connectivity index (χ1) is 14.0. The van der Waals surface area contributed by atoms with Gasteiger partial charge in [-0.05, 0) is 48.6 Å². The number of benzene rings is 2. The minimum Gasteiger partial charge on any atom is -0.312 e. The van der Waals surface area contributed by atoms with Crippen molar-refractivity contribution < 1.29 is 0 Å². The summed E-state index contributed by atoms with van der Waals surface area (Å²) in [5, 5.41) is 3.76. The maximum absolute atomic E-state index is 3.76. The third-order valence-electron chi connectivity index (χ3n) is 7.43. The lowest BCUT2D eigenvalue weighted by molar-refractivity contribution is 0.277. The fourth-order valence-corrected chi connectivity index (χ4v) is 5.75. The molecule has 2 nitrogen and oxygen atoms in total. The average Bonchev–Trinajstić information content (AvgIpc) is 3.32. The summed E-state index contributed by atoms with van der Waals surface area (Å²) in [7, 11) is 2.28. The highest BCUT2D eigenvalue weighted by molar-refractivity contribution is 5.35. The maximum atomic E-state index is 3.76. The van der Waals surface area contributed by atoms with Crippen LogP contribution in [0.15, 0.2) is 48.5 Å². The van der Waals surface area contributed by atoms with Crippen LogP contribution in [-0.4, -0.2) is 31.6 Å². The van der Waals surface area contributed by atoms with E-state index in [1.54, 1.807) is 11.1 Å². The van der Waals surface area contributed by atoms with Crippen LogP contribution >= 0.6 is 0 Å². The molecule has 1 saturated carbocycles. The second-order valence-electron chi connectivity index (χ2n) is 10.0. The molecular weight excluding hydrogens is 352 g/mol. The summed E-state index contributed by atoms with van der Waals surface area (Å²) in [6, 6.07) is 18.1. The Kier molecular flexibility index (Phi) is 6.41. The Bertz CT molecular complexity index is 793. The summed E-state index contributed by atoms with van der Waals surface area (Å²) >= 11 is 0. The summed E-state index contributed by atoms with van der Waals surface area (Å²) in [6.07, 6.45) is 7.00. The quantitative estimate of drug-likeness (QED) is 0.666. The minimum atomic E-state index is 0.267. The topological polar surface area (TPSA) is 15.3 Å². The van der Waals surface area contributed by atoms with Crippen molar-refractivity contribution in [1.29, 1.82) is 0 Å². The number of hydrogen-bond acceptors (Lipinski definition) is 2. The Labute approximate surface area is 177 Å². The van der Waals surface area contributed by atoms with Crippen LogP contribution in [0, 0.1) is 18.3 Å². The first-order valence-corrected chi connectivity index (χ1v) is 11.6. The van der Waals surface area contributed by atoms with Crippen LogP contribution in [0.1, 0.15) is 60.8 Å². The van der Waals surface area contributed by atoms with Crippen molar-refractivity contribution in [2.75, 3.05) is 26.7 Å². The van der Waals surface area contributed by atoms with Crippen LogP contribution in [0.3, 0.4) is 0 Å². The van der Waals surface area contributed by atoms with E-state index >= 15 is 0 Å². The molecular formula is C27H38N2. The van der Waals surface area contributed by atoms with Crippen molar-refractivity contribution in [3.8, 4) is 0 Å². The Morgan fingerprint density at radius 2 is 1.83 bits per heavy atom. The van der Waals surface area contributed by atoms with Crippen molar-refractivity contribution in [3.05, 3.63) is 70.8 Å². The normalized spacial score (nSPS) is 25.7. The van der Waals surface area contributed by atoms with Gasteiger partial charge in [-0.2, -0.15) is 0 Å². The molecule has 2 unspecified atom stereocenters. The standard InChI is InChI=1S/C27H38N2/c1-21-13-14-24(16-25(21)15-22-9-7-8-10-22)26-18-29(3)20-27(26,2)19-28-17-23-11-5-4-6-12-23/h4-6,11-14,16,22,26,28H,7-10,15,17-20H2,1-3H3.